The molecule has 0 saturated heterocycles. The Labute approximate surface area is 144 Å². The van der Waals surface area contributed by atoms with Gasteiger partial charge in [-0.2, -0.15) is 0 Å². The molecule has 1 amide bonds. The quantitative estimate of drug-likeness (QED) is 0.707. The maximum Gasteiger partial charge on any atom is 0.224 e. The van der Waals surface area contributed by atoms with E-state index in [0.717, 1.165) is 11.9 Å². The summed E-state index contributed by atoms with van der Waals surface area (Å²) in [5.74, 6) is -0.0835. The van der Waals surface area contributed by atoms with Crippen LogP contribution in [0.25, 0.3) is 10.9 Å². The fraction of sp³-hybridized carbons (Fsp3) is 0.167. The molecule has 1 heterocycles. The van der Waals surface area contributed by atoms with Gasteiger partial charge in [0.25, 0.3) is 0 Å². The lowest BCUT2D eigenvalue weighted by Crippen LogP contribution is -2.27. The number of hydrogen-bond acceptors (Lipinski definition) is 1. The van der Waals surface area contributed by atoms with E-state index in [2.05, 4.69) is 16.4 Å². The Balaban J connectivity index is 1.57. The first kappa shape index (κ1) is 15.9. The number of aromatic amines is 1. The molecule has 2 aromatic carbocycles. The maximum absolute atomic E-state index is 12.1. The molecule has 118 valence electrons. The van der Waals surface area contributed by atoms with Crippen molar-refractivity contribution in [1.29, 1.82) is 0 Å². The average molecular weight is 347 g/mol. The molecular weight excluding hydrogens is 331 g/mol. The van der Waals surface area contributed by atoms with E-state index >= 15 is 0 Å². The molecule has 1 aromatic heterocycles. The van der Waals surface area contributed by atoms with Gasteiger partial charge in [0.2, 0.25) is 5.91 Å². The van der Waals surface area contributed by atoms with Crippen molar-refractivity contribution in [2.45, 2.75) is 12.8 Å². The summed E-state index contributed by atoms with van der Waals surface area (Å²) in [7, 11) is 0. The SMILES string of the molecule is O=C(Cc1c(Cl)cccc1Cl)NCCc1c[nH]c2ccccc12. The summed E-state index contributed by atoms with van der Waals surface area (Å²) in [5.41, 5.74) is 2.97. The number of rotatable bonds is 5. The Bertz CT molecular complexity index is 822. The van der Waals surface area contributed by atoms with E-state index < -0.39 is 0 Å². The van der Waals surface area contributed by atoms with Gasteiger partial charge in [0.05, 0.1) is 6.42 Å². The zero-order valence-corrected chi connectivity index (χ0v) is 13.9. The molecule has 0 spiro atoms. The highest BCUT2D eigenvalue weighted by Gasteiger charge is 2.10. The molecule has 3 rings (SSSR count). The highest BCUT2D eigenvalue weighted by Crippen LogP contribution is 2.24. The van der Waals surface area contributed by atoms with Gasteiger partial charge in [-0.1, -0.05) is 47.5 Å². The molecule has 0 radical (unpaired) electrons. The van der Waals surface area contributed by atoms with Crippen LogP contribution in [-0.2, 0) is 17.6 Å². The van der Waals surface area contributed by atoms with Gasteiger partial charge in [-0.15, -0.1) is 0 Å². The van der Waals surface area contributed by atoms with Crippen LogP contribution >= 0.6 is 23.2 Å². The summed E-state index contributed by atoms with van der Waals surface area (Å²) >= 11 is 12.2. The van der Waals surface area contributed by atoms with Gasteiger partial charge < -0.3 is 10.3 Å². The number of para-hydroxylation sites is 1. The van der Waals surface area contributed by atoms with Crippen LogP contribution in [0, 0.1) is 0 Å². The minimum Gasteiger partial charge on any atom is -0.361 e. The van der Waals surface area contributed by atoms with E-state index in [1.54, 1.807) is 18.2 Å². The lowest BCUT2D eigenvalue weighted by molar-refractivity contribution is -0.120. The van der Waals surface area contributed by atoms with Gasteiger partial charge in [0.1, 0.15) is 0 Å². The fourth-order valence-electron chi connectivity index (χ4n) is 2.60. The summed E-state index contributed by atoms with van der Waals surface area (Å²) in [4.78, 5) is 15.3. The second-order valence-corrected chi connectivity index (χ2v) is 6.15. The van der Waals surface area contributed by atoms with Gasteiger partial charge in [0.15, 0.2) is 0 Å². The second-order valence-electron chi connectivity index (χ2n) is 5.34. The number of fused-ring (bicyclic) bond motifs is 1. The Morgan fingerprint density at radius 2 is 1.78 bits per heavy atom. The molecule has 3 aromatic rings. The molecule has 0 aliphatic heterocycles. The first-order valence-corrected chi connectivity index (χ1v) is 8.15. The molecule has 5 heteroatoms. The van der Waals surface area contributed by atoms with E-state index in [0.29, 0.717) is 22.2 Å². The lowest BCUT2D eigenvalue weighted by atomic mass is 10.1. The van der Waals surface area contributed by atoms with Crippen LogP contribution in [0.2, 0.25) is 10.0 Å². The van der Waals surface area contributed by atoms with Crippen molar-refractivity contribution >= 4 is 40.0 Å². The van der Waals surface area contributed by atoms with Crippen molar-refractivity contribution in [3.05, 3.63) is 69.8 Å². The summed E-state index contributed by atoms with van der Waals surface area (Å²) in [5, 5.41) is 5.14. The number of aromatic nitrogens is 1. The van der Waals surface area contributed by atoms with Crippen LogP contribution in [0.3, 0.4) is 0 Å². The summed E-state index contributed by atoms with van der Waals surface area (Å²) < 4.78 is 0. The van der Waals surface area contributed by atoms with Gasteiger partial charge in [-0.25, -0.2) is 0 Å². The number of halogens is 2. The van der Waals surface area contributed by atoms with Crippen molar-refractivity contribution in [3.63, 3.8) is 0 Å². The second kappa shape index (κ2) is 7.07. The largest absolute Gasteiger partial charge is 0.361 e. The van der Waals surface area contributed by atoms with Crippen LogP contribution in [-0.4, -0.2) is 17.4 Å². The van der Waals surface area contributed by atoms with Crippen molar-refractivity contribution < 1.29 is 4.79 Å². The van der Waals surface area contributed by atoms with E-state index in [1.807, 2.05) is 24.4 Å². The molecule has 0 fully saturated rings. The number of carbonyl (C=O) groups is 1. The highest BCUT2D eigenvalue weighted by atomic mass is 35.5. The zero-order chi connectivity index (χ0) is 16.2. The third-order valence-corrected chi connectivity index (χ3v) is 4.50. The standard InChI is InChI=1S/C18H16Cl2N2O/c19-15-5-3-6-16(20)14(15)10-18(23)21-9-8-12-11-22-17-7-2-1-4-13(12)17/h1-7,11,22H,8-10H2,(H,21,23). The van der Waals surface area contributed by atoms with Crippen LogP contribution in [0.1, 0.15) is 11.1 Å². The van der Waals surface area contributed by atoms with Gasteiger partial charge >= 0.3 is 0 Å². The third kappa shape index (κ3) is 3.69. The van der Waals surface area contributed by atoms with Crippen LogP contribution in [0.15, 0.2) is 48.7 Å². The van der Waals surface area contributed by atoms with Crippen LogP contribution in [0.4, 0.5) is 0 Å². The third-order valence-electron chi connectivity index (χ3n) is 3.79. The minimum atomic E-state index is -0.0835. The van der Waals surface area contributed by atoms with Crippen molar-refractivity contribution in [2.75, 3.05) is 6.54 Å². The number of nitrogens with one attached hydrogen (secondary N) is 2. The monoisotopic (exact) mass is 346 g/mol. The Morgan fingerprint density at radius 1 is 1.04 bits per heavy atom. The Hall–Kier alpha value is -1.97. The zero-order valence-electron chi connectivity index (χ0n) is 12.4. The molecule has 3 nitrogen and oxygen atoms in total. The number of H-pyrrole nitrogens is 1. The van der Waals surface area contributed by atoms with E-state index in [9.17, 15) is 4.79 Å². The number of carbonyl (C=O) groups excluding carboxylic acids is 1. The first-order valence-electron chi connectivity index (χ1n) is 7.40. The predicted octanol–water partition coefficient (Wildman–Crippen LogP) is 4.38. The molecule has 2 N–H and O–H groups in total. The first-order chi connectivity index (χ1) is 11.1. The van der Waals surface area contributed by atoms with Gasteiger partial charge in [0, 0.05) is 33.7 Å². The Morgan fingerprint density at radius 3 is 2.57 bits per heavy atom. The average Bonchev–Trinajstić information content (AvgIpc) is 2.95. The number of hydrogen-bond donors (Lipinski definition) is 2. The predicted molar refractivity (Wildman–Crippen MR) is 95.2 cm³/mol. The van der Waals surface area contributed by atoms with Crippen molar-refractivity contribution in [1.82, 2.24) is 10.3 Å². The molecule has 23 heavy (non-hydrogen) atoms. The summed E-state index contributed by atoms with van der Waals surface area (Å²) in [6.45, 7) is 0.572. The molecule has 0 bridgehead atoms. The smallest absolute Gasteiger partial charge is 0.224 e. The van der Waals surface area contributed by atoms with Gasteiger partial charge in [-0.3, -0.25) is 4.79 Å². The number of amides is 1. The van der Waals surface area contributed by atoms with Gasteiger partial charge in [-0.05, 0) is 35.7 Å². The van der Waals surface area contributed by atoms with Crippen LogP contribution in [0.5, 0.6) is 0 Å². The highest BCUT2D eigenvalue weighted by molar-refractivity contribution is 6.36. The topological polar surface area (TPSA) is 44.9 Å². The van der Waals surface area contributed by atoms with Crippen LogP contribution < -0.4 is 5.32 Å². The normalized spacial score (nSPS) is 10.9. The molecule has 0 aliphatic carbocycles. The Kier molecular flexibility index (Phi) is 4.89. The number of benzene rings is 2. The fourth-order valence-corrected chi connectivity index (χ4v) is 3.13. The van der Waals surface area contributed by atoms with Crippen molar-refractivity contribution in [2.24, 2.45) is 0 Å². The molecule has 0 unspecified atom stereocenters. The minimum absolute atomic E-state index is 0.0835. The molecule has 0 atom stereocenters. The van der Waals surface area contributed by atoms with E-state index in [4.69, 9.17) is 23.2 Å². The van der Waals surface area contributed by atoms with Crippen molar-refractivity contribution in [3.8, 4) is 0 Å². The molecule has 0 aliphatic rings. The lowest BCUT2D eigenvalue weighted by Gasteiger charge is -2.08. The maximum atomic E-state index is 12.1. The summed E-state index contributed by atoms with van der Waals surface area (Å²) in [6.07, 6.45) is 2.94. The molecule has 0 saturated carbocycles. The molecular formula is C18H16Cl2N2O. The summed E-state index contributed by atoms with van der Waals surface area (Å²) in [6, 6.07) is 13.4. The van der Waals surface area contributed by atoms with E-state index in [1.165, 1.54) is 10.9 Å². The van der Waals surface area contributed by atoms with E-state index in [-0.39, 0.29) is 12.3 Å².